The molecule has 5 unspecified atom stereocenters. The summed E-state index contributed by atoms with van der Waals surface area (Å²) in [6.45, 7) is 8.31. The molecule has 3 saturated carbocycles. The Kier molecular flexibility index (Phi) is 3.01. The molecule has 3 fully saturated rings. The molecule has 1 heteroatoms. The summed E-state index contributed by atoms with van der Waals surface area (Å²) in [5, 5.41) is 3.79. The van der Waals surface area contributed by atoms with E-state index in [9.17, 15) is 0 Å². The first kappa shape index (κ1) is 12.0. The second-order valence-electron chi connectivity index (χ2n) is 7.63. The summed E-state index contributed by atoms with van der Waals surface area (Å²) in [5.74, 6) is 4.23. The van der Waals surface area contributed by atoms with Crippen LogP contribution in [0.4, 0.5) is 0 Å². The van der Waals surface area contributed by atoms with Gasteiger partial charge in [-0.1, -0.05) is 27.2 Å². The molecule has 3 aliphatic carbocycles. The van der Waals surface area contributed by atoms with Gasteiger partial charge in [0, 0.05) is 6.04 Å². The Balaban J connectivity index is 1.58. The highest BCUT2D eigenvalue weighted by atomic mass is 14.9. The maximum Gasteiger partial charge on any atom is 0.0103 e. The number of rotatable bonds is 5. The summed E-state index contributed by atoms with van der Waals surface area (Å²) >= 11 is 0. The van der Waals surface area contributed by atoms with E-state index in [-0.39, 0.29) is 0 Å². The third-order valence-electron chi connectivity index (χ3n) is 5.98. The lowest BCUT2D eigenvalue weighted by atomic mass is 9.82. The van der Waals surface area contributed by atoms with Crippen LogP contribution in [0.15, 0.2) is 0 Å². The Morgan fingerprint density at radius 3 is 2.47 bits per heavy atom. The second kappa shape index (κ2) is 4.26. The van der Waals surface area contributed by atoms with E-state index in [0.717, 1.165) is 36.3 Å². The van der Waals surface area contributed by atoms with Gasteiger partial charge < -0.3 is 5.32 Å². The van der Waals surface area contributed by atoms with Crippen molar-refractivity contribution in [3.05, 3.63) is 0 Å². The summed E-state index contributed by atoms with van der Waals surface area (Å²) in [5.41, 5.74) is 0.629. The molecule has 0 radical (unpaired) electrons. The third-order valence-corrected chi connectivity index (χ3v) is 5.98. The molecule has 1 nitrogen and oxygen atoms in total. The van der Waals surface area contributed by atoms with E-state index in [1.54, 1.807) is 25.7 Å². The molecule has 3 rings (SSSR count). The molecule has 17 heavy (non-hydrogen) atoms. The topological polar surface area (TPSA) is 12.0 Å². The van der Waals surface area contributed by atoms with Gasteiger partial charge in [0.25, 0.3) is 0 Å². The first-order valence-corrected chi connectivity index (χ1v) is 7.83. The predicted molar refractivity (Wildman–Crippen MR) is 72.9 cm³/mol. The standard InChI is InChI=1S/C16H29N/c1-4-17-15(14-10-16(14,2)3)9-13-8-11-5-6-12(13)7-11/h11-15,17H,4-10H2,1-3H3. The summed E-state index contributed by atoms with van der Waals surface area (Å²) in [6.07, 6.45) is 9.13. The van der Waals surface area contributed by atoms with Gasteiger partial charge in [0.05, 0.1) is 0 Å². The van der Waals surface area contributed by atoms with Crippen LogP contribution in [-0.4, -0.2) is 12.6 Å². The lowest BCUT2D eigenvalue weighted by molar-refractivity contribution is 0.257. The zero-order chi connectivity index (χ0) is 12.0. The van der Waals surface area contributed by atoms with E-state index in [0.29, 0.717) is 5.41 Å². The summed E-state index contributed by atoms with van der Waals surface area (Å²) in [6, 6.07) is 0.819. The van der Waals surface area contributed by atoms with Crippen molar-refractivity contribution in [2.45, 2.75) is 65.3 Å². The lowest BCUT2D eigenvalue weighted by Gasteiger charge is -2.28. The lowest BCUT2D eigenvalue weighted by Crippen LogP contribution is -2.35. The predicted octanol–water partition coefficient (Wildman–Crippen LogP) is 3.84. The first-order chi connectivity index (χ1) is 8.10. The maximum atomic E-state index is 3.79. The largest absolute Gasteiger partial charge is 0.314 e. The molecule has 2 bridgehead atoms. The van der Waals surface area contributed by atoms with Crippen molar-refractivity contribution < 1.29 is 0 Å². The molecule has 1 N–H and O–H groups in total. The zero-order valence-corrected chi connectivity index (χ0v) is 11.8. The Hall–Kier alpha value is -0.0400. The van der Waals surface area contributed by atoms with Crippen molar-refractivity contribution >= 4 is 0 Å². The molecule has 0 spiro atoms. The van der Waals surface area contributed by atoms with Crippen LogP contribution in [0.1, 0.15) is 59.3 Å². The van der Waals surface area contributed by atoms with E-state index in [2.05, 4.69) is 26.1 Å². The van der Waals surface area contributed by atoms with Crippen LogP contribution < -0.4 is 5.32 Å². The van der Waals surface area contributed by atoms with Gasteiger partial charge in [0.2, 0.25) is 0 Å². The van der Waals surface area contributed by atoms with Crippen molar-refractivity contribution in [2.24, 2.45) is 29.1 Å². The molecule has 0 aromatic heterocycles. The van der Waals surface area contributed by atoms with E-state index in [1.807, 2.05) is 0 Å². The van der Waals surface area contributed by atoms with Gasteiger partial charge >= 0.3 is 0 Å². The minimum atomic E-state index is 0.629. The molecule has 5 atom stereocenters. The second-order valence-corrected chi connectivity index (χ2v) is 7.63. The van der Waals surface area contributed by atoms with Crippen molar-refractivity contribution in [2.75, 3.05) is 6.54 Å². The van der Waals surface area contributed by atoms with Crippen LogP contribution in [0.2, 0.25) is 0 Å². The average molecular weight is 235 g/mol. The van der Waals surface area contributed by atoms with Crippen LogP contribution in [-0.2, 0) is 0 Å². The van der Waals surface area contributed by atoms with Crippen LogP contribution in [0.3, 0.4) is 0 Å². The number of nitrogens with one attached hydrogen (secondary N) is 1. The number of fused-ring (bicyclic) bond motifs is 2. The van der Waals surface area contributed by atoms with Gasteiger partial charge in [0.1, 0.15) is 0 Å². The molecular formula is C16H29N. The summed E-state index contributed by atoms with van der Waals surface area (Å²) in [7, 11) is 0. The molecule has 0 aliphatic heterocycles. The number of hydrogen-bond acceptors (Lipinski definition) is 1. The van der Waals surface area contributed by atoms with Gasteiger partial charge in [-0.05, 0) is 67.7 Å². The monoisotopic (exact) mass is 235 g/mol. The van der Waals surface area contributed by atoms with Crippen molar-refractivity contribution in [1.82, 2.24) is 5.32 Å². The van der Waals surface area contributed by atoms with Crippen LogP contribution in [0.25, 0.3) is 0 Å². The van der Waals surface area contributed by atoms with E-state index in [4.69, 9.17) is 0 Å². The fraction of sp³-hybridized carbons (Fsp3) is 1.00. The van der Waals surface area contributed by atoms with E-state index >= 15 is 0 Å². The smallest absolute Gasteiger partial charge is 0.0103 e. The molecule has 0 heterocycles. The molecule has 0 aromatic carbocycles. The first-order valence-electron chi connectivity index (χ1n) is 7.83. The summed E-state index contributed by atoms with van der Waals surface area (Å²) in [4.78, 5) is 0. The van der Waals surface area contributed by atoms with Gasteiger partial charge in [-0.15, -0.1) is 0 Å². The minimum absolute atomic E-state index is 0.629. The highest BCUT2D eigenvalue weighted by Gasteiger charge is 2.51. The van der Waals surface area contributed by atoms with Gasteiger partial charge in [-0.2, -0.15) is 0 Å². The molecular weight excluding hydrogens is 206 g/mol. The fourth-order valence-corrected chi connectivity index (χ4v) is 4.84. The van der Waals surface area contributed by atoms with E-state index in [1.165, 1.54) is 12.8 Å². The average Bonchev–Trinajstić information content (AvgIpc) is 2.70. The maximum absolute atomic E-state index is 3.79. The van der Waals surface area contributed by atoms with Crippen LogP contribution >= 0.6 is 0 Å². The van der Waals surface area contributed by atoms with Crippen LogP contribution in [0.5, 0.6) is 0 Å². The quantitative estimate of drug-likeness (QED) is 0.763. The van der Waals surface area contributed by atoms with Gasteiger partial charge in [0.15, 0.2) is 0 Å². The Morgan fingerprint density at radius 2 is 2.00 bits per heavy atom. The Bertz CT molecular complexity index is 283. The van der Waals surface area contributed by atoms with Gasteiger partial charge in [-0.25, -0.2) is 0 Å². The highest BCUT2D eigenvalue weighted by molar-refractivity contribution is 5.03. The SMILES string of the molecule is CCNC(CC1CC2CCC1C2)C1CC1(C)C. The molecule has 3 aliphatic rings. The van der Waals surface area contributed by atoms with E-state index < -0.39 is 0 Å². The van der Waals surface area contributed by atoms with Crippen molar-refractivity contribution in [3.8, 4) is 0 Å². The van der Waals surface area contributed by atoms with Crippen molar-refractivity contribution in [1.29, 1.82) is 0 Å². The Morgan fingerprint density at radius 1 is 1.24 bits per heavy atom. The van der Waals surface area contributed by atoms with Crippen LogP contribution in [0, 0.1) is 29.1 Å². The normalized spacial score (nSPS) is 43.9. The third kappa shape index (κ3) is 2.28. The highest BCUT2D eigenvalue weighted by Crippen LogP contribution is 2.56. The molecule has 98 valence electrons. The molecule has 0 aromatic rings. The molecule has 0 amide bonds. The minimum Gasteiger partial charge on any atom is -0.314 e. The molecule has 0 saturated heterocycles. The zero-order valence-electron chi connectivity index (χ0n) is 11.8. The fourth-order valence-electron chi connectivity index (χ4n) is 4.84. The Labute approximate surface area is 107 Å². The summed E-state index contributed by atoms with van der Waals surface area (Å²) < 4.78 is 0. The number of hydrogen-bond donors (Lipinski definition) is 1. The van der Waals surface area contributed by atoms with Crippen molar-refractivity contribution in [3.63, 3.8) is 0 Å². The van der Waals surface area contributed by atoms with Gasteiger partial charge in [-0.3, -0.25) is 0 Å².